The van der Waals surface area contributed by atoms with Crippen LogP contribution in [0, 0.1) is 39.9 Å². The van der Waals surface area contributed by atoms with Crippen molar-refractivity contribution in [1.82, 2.24) is 0 Å². The van der Waals surface area contributed by atoms with Crippen molar-refractivity contribution in [1.29, 1.82) is 0 Å². The number of carboxylic acids is 1. The molecule has 1 saturated carbocycles. The summed E-state index contributed by atoms with van der Waals surface area (Å²) in [4.78, 5) is 33.7. The van der Waals surface area contributed by atoms with E-state index in [0.717, 1.165) is 37.7 Å². The molecule has 4 aliphatic rings. The van der Waals surface area contributed by atoms with Crippen LogP contribution in [0.3, 0.4) is 0 Å². The molecule has 0 amide bonds. The Morgan fingerprint density at radius 3 is 2.19 bits per heavy atom. The topological polar surface area (TPSA) is 156 Å². The van der Waals surface area contributed by atoms with E-state index in [0.29, 0.717) is 18.3 Å². The highest BCUT2D eigenvalue weighted by atomic mass is 19.4. The number of esters is 2. The Balaban J connectivity index is 0.000000804. The van der Waals surface area contributed by atoms with Crippen LogP contribution in [0.5, 0.6) is 0 Å². The molecule has 12 heteroatoms. The number of aliphatic hydroxyl groups is 2. The summed E-state index contributed by atoms with van der Waals surface area (Å²) >= 11 is 0. The van der Waals surface area contributed by atoms with Crippen molar-refractivity contribution < 1.29 is 52.3 Å². The van der Waals surface area contributed by atoms with E-state index in [1.54, 1.807) is 0 Å². The summed E-state index contributed by atoms with van der Waals surface area (Å²) in [6.07, 6.45) is -1.27. The van der Waals surface area contributed by atoms with Crippen LogP contribution in [0.1, 0.15) is 93.9 Å². The van der Waals surface area contributed by atoms with Gasteiger partial charge in [-0.15, -0.1) is 0 Å². The number of aliphatic hydroxyl groups excluding tert-OH is 2. The second-order valence-electron chi connectivity index (χ2n) is 15.5. The van der Waals surface area contributed by atoms with Gasteiger partial charge in [-0.25, -0.2) is 4.79 Å². The second-order valence-corrected chi connectivity index (χ2v) is 15.5. The number of halogens is 3. The molecule has 0 radical (unpaired) electrons. The number of aliphatic carboxylic acids is 1. The molecular formula is C36H54F3NO8. The average Bonchev–Trinajstić information content (AvgIpc) is 3.33. The van der Waals surface area contributed by atoms with Crippen LogP contribution in [-0.2, 0) is 23.9 Å². The van der Waals surface area contributed by atoms with Gasteiger partial charge in [0.25, 0.3) is 0 Å². The van der Waals surface area contributed by atoms with E-state index in [1.165, 1.54) is 23.6 Å². The highest BCUT2D eigenvalue weighted by Gasteiger charge is 2.65. The molecule has 0 saturated heterocycles. The fourth-order valence-electron chi connectivity index (χ4n) is 9.35. The van der Waals surface area contributed by atoms with E-state index < -0.39 is 64.7 Å². The van der Waals surface area contributed by atoms with Crippen molar-refractivity contribution in [2.24, 2.45) is 45.7 Å². The number of carbonyl (C=O) groups is 3. The molecule has 0 bridgehead atoms. The number of fused-ring (bicyclic) bond motifs is 4. The Morgan fingerprint density at radius 1 is 1.10 bits per heavy atom. The zero-order chi connectivity index (χ0) is 36.7. The van der Waals surface area contributed by atoms with Crippen LogP contribution in [-0.4, -0.2) is 70.4 Å². The number of hydrogen-bond acceptors (Lipinski definition) is 8. The lowest BCUT2D eigenvalue weighted by atomic mass is 9.45. The number of hydrogen-bond donors (Lipinski definition) is 4. The number of nitrogens with two attached hydrogens (primary N) is 1. The molecule has 1 fully saturated rings. The number of alkyl halides is 3. The quantitative estimate of drug-likeness (QED) is 0.181. The monoisotopic (exact) mass is 685 g/mol. The zero-order valence-electron chi connectivity index (χ0n) is 29.4. The summed E-state index contributed by atoms with van der Waals surface area (Å²) in [6, 6.07) is 0. The smallest absolute Gasteiger partial charge is 0.475 e. The van der Waals surface area contributed by atoms with Crippen LogP contribution in [0.25, 0.3) is 0 Å². The van der Waals surface area contributed by atoms with E-state index in [1.807, 2.05) is 13.8 Å². The van der Waals surface area contributed by atoms with E-state index in [2.05, 4.69) is 47.3 Å². The van der Waals surface area contributed by atoms with Crippen LogP contribution < -0.4 is 5.73 Å². The van der Waals surface area contributed by atoms with E-state index in [4.69, 9.17) is 25.1 Å². The maximum absolute atomic E-state index is 12.5. The van der Waals surface area contributed by atoms with Gasteiger partial charge in [0.1, 0.15) is 18.3 Å². The first-order valence-electron chi connectivity index (χ1n) is 16.8. The van der Waals surface area contributed by atoms with Gasteiger partial charge in [-0.05, 0) is 89.7 Å². The molecular weight excluding hydrogens is 631 g/mol. The van der Waals surface area contributed by atoms with Gasteiger partial charge in [0.2, 0.25) is 0 Å². The molecule has 9 nitrogen and oxygen atoms in total. The minimum absolute atomic E-state index is 0.0346. The molecule has 9 atom stereocenters. The lowest BCUT2D eigenvalue weighted by molar-refractivity contribution is -0.193. The fraction of sp³-hybridized carbons (Fsp3) is 0.750. The Morgan fingerprint density at radius 2 is 1.69 bits per heavy atom. The van der Waals surface area contributed by atoms with Gasteiger partial charge in [-0.1, -0.05) is 66.7 Å². The molecule has 272 valence electrons. The molecule has 0 aromatic rings. The van der Waals surface area contributed by atoms with Crippen molar-refractivity contribution in [3.05, 3.63) is 34.9 Å². The number of rotatable bonds is 8. The molecule has 4 rings (SSSR count). The highest BCUT2D eigenvalue weighted by molar-refractivity contribution is 5.73. The predicted octanol–water partition coefficient (Wildman–Crippen LogP) is 5.88. The van der Waals surface area contributed by atoms with Gasteiger partial charge in [-0.2, -0.15) is 13.2 Å². The number of allylic oxidation sites excluding steroid dienone is 3. The van der Waals surface area contributed by atoms with Crippen LogP contribution in [0.15, 0.2) is 34.9 Å². The van der Waals surface area contributed by atoms with Crippen LogP contribution in [0.4, 0.5) is 13.2 Å². The van der Waals surface area contributed by atoms with Gasteiger partial charge in [0.05, 0.1) is 12.6 Å². The third-order valence-corrected chi connectivity index (χ3v) is 11.9. The minimum Gasteiger partial charge on any atom is -0.475 e. The van der Waals surface area contributed by atoms with Gasteiger partial charge < -0.3 is 30.5 Å². The summed E-state index contributed by atoms with van der Waals surface area (Å²) in [5.74, 6) is -2.69. The molecule has 0 aromatic carbocycles. The Hall–Kier alpha value is -2.70. The molecule has 0 spiro atoms. The Labute approximate surface area is 281 Å². The molecule has 0 unspecified atom stereocenters. The first kappa shape index (κ1) is 39.7. The number of ether oxygens (including phenoxy) is 2. The maximum Gasteiger partial charge on any atom is 0.490 e. The first-order valence-corrected chi connectivity index (χ1v) is 16.8. The summed E-state index contributed by atoms with van der Waals surface area (Å²) in [5.41, 5.74) is 8.37. The van der Waals surface area contributed by atoms with Crippen molar-refractivity contribution in [2.45, 2.75) is 125 Å². The van der Waals surface area contributed by atoms with E-state index in [-0.39, 0.29) is 18.4 Å². The van der Waals surface area contributed by atoms with Gasteiger partial charge in [0.15, 0.2) is 0 Å². The van der Waals surface area contributed by atoms with Crippen LogP contribution in [0.2, 0.25) is 0 Å². The minimum atomic E-state index is -5.08. The standard InChI is InChI=1S/C34H53NO6.C2HF3O2/c1-18(2)19(3)10-11-20(4)23-13-14-24-22-12-15-26-32(6,7)30(39)25(41-27(37)17-35)16-33(26,8)28(22)29(38)31(34(23,24)9)40-21(5)36;3-2(4,5)1(6)7/h14,18,20,23,25-26,29-31,38-39H,3,10-13,15-17,35H2,1-2,4-9H3;(H,6,7)/t20-,23-,25-,26+,29-,30+,31+,33+,34-;/m1./s1. The summed E-state index contributed by atoms with van der Waals surface area (Å²) in [7, 11) is 0. The zero-order valence-corrected chi connectivity index (χ0v) is 29.4. The average molecular weight is 686 g/mol. The summed E-state index contributed by atoms with van der Waals surface area (Å²) < 4.78 is 43.5. The normalized spacial score (nSPS) is 34.4. The highest BCUT2D eigenvalue weighted by Crippen LogP contribution is 2.67. The third-order valence-electron chi connectivity index (χ3n) is 11.9. The first-order chi connectivity index (χ1) is 22.0. The van der Waals surface area contributed by atoms with E-state index in [9.17, 15) is 33.0 Å². The largest absolute Gasteiger partial charge is 0.490 e. The molecule has 0 aliphatic heterocycles. The van der Waals surface area contributed by atoms with Crippen LogP contribution >= 0.6 is 0 Å². The van der Waals surface area contributed by atoms with Gasteiger partial charge >= 0.3 is 24.1 Å². The Bertz CT molecular complexity index is 1340. The predicted molar refractivity (Wildman–Crippen MR) is 173 cm³/mol. The van der Waals surface area contributed by atoms with Crippen molar-refractivity contribution in [2.75, 3.05) is 6.54 Å². The SMILES string of the molecule is C=C(CC[C@@H](C)[C@H]1CC=C2C3=C([C@@H](O)[C@H](OC(C)=O)[C@@]21C)[C@@]1(C)C[C@@H](OC(=O)CN)[C@H](O)C(C)(C)[C@@H]1CC3)C(C)C.O=C(O)C(F)(F)F. The lowest BCUT2D eigenvalue weighted by Crippen LogP contribution is -2.63. The molecule has 48 heavy (non-hydrogen) atoms. The lowest BCUT2D eigenvalue weighted by Gasteiger charge is -2.62. The van der Waals surface area contributed by atoms with Crippen molar-refractivity contribution >= 4 is 17.9 Å². The number of carbonyl (C=O) groups excluding carboxylic acids is 2. The fourth-order valence-corrected chi connectivity index (χ4v) is 9.35. The van der Waals surface area contributed by atoms with E-state index >= 15 is 0 Å². The molecule has 0 aromatic heterocycles. The molecule has 0 heterocycles. The maximum atomic E-state index is 12.5. The molecule has 4 aliphatic carbocycles. The van der Waals surface area contributed by atoms with Gasteiger partial charge in [-0.3, -0.25) is 9.59 Å². The van der Waals surface area contributed by atoms with Crippen molar-refractivity contribution in [3.8, 4) is 0 Å². The van der Waals surface area contributed by atoms with Crippen molar-refractivity contribution in [3.63, 3.8) is 0 Å². The second kappa shape index (κ2) is 14.3. The number of carboxylic acid groups (broad SMARTS) is 1. The summed E-state index contributed by atoms with van der Waals surface area (Å²) in [6.45, 7) is 20.4. The Kier molecular flexibility index (Phi) is 11.8. The van der Waals surface area contributed by atoms with Gasteiger partial charge in [0, 0.05) is 12.3 Å². The third kappa shape index (κ3) is 7.26. The molecule has 5 N–H and O–H groups in total. The summed E-state index contributed by atoms with van der Waals surface area (Å²) in [5, 5.41) is 30.8.